The van der Waals surface area contributed by atoms with Gasteiger partial charge in [-0.1, -0.05) is 15.9 Å². The average molecular weight is 559 g/mol. The van der Waals surface area contributed by atoms with Crippen LogP contribution < -0.4 is 15.5 Å². The molecular formula is C17H28BrIN4O2S. The summed E-state index contributed by atoms with van der Waals surface area (Å²) in [7, 11) is -2.92. The summed E-state index contributed by atoms with van der Waals surface area (Å²) in [5.41, 5.74) is 1.22. The minimum absolute atomic E-state index is 0. The van der Waals surface area contributed by atoms with Gasteiger partial charge in [-0.05, 0) is 44.0 Å². The summed E-state index contributed by atoms with van der Waals surface area (Å²) < 4.78 is 23.5. The van der Waals surface area contributed by atoms with E-state index in [2.05, 4.69) is 60.7 Å². The van der Waals surface area contributed by atoms with Crippen LogP contribution in [0.3, 0.4) is 0 Å². The molecule has 1 aliphatic rings. The molecule has 1 aliphatic heterocycles. The number of hydrogen-bond donors (Lipinski definition) is 2. The van der Waals surface area contributed by atoms with Crippen LogP contribution in [0.1, 0.15) is 19.8 Å². The second-order valence-corrected chi connectivity index (χ2v) is 9.47. The zero-order valence-corrected chi connectivity index (χ0v) is 20.0. The van der Waals surface area contributed by atoms with Gasteiger partial charge in [-0.2, -0.15) is 0 Å². The van der Waals surface area contributed by atoms with E-state index in [0.717, 1.165) is 36.5 Å². The van der Waals surface area contributed by atoms with E-state index in [1.165, 1.54) is 11.9 Å². The van der Waals surface area contributed by atoms with Crippen molar-refractivity contribution >= 4 is 61.4 Å². The van der Waals surface area contributed by atoms with E-state index < -0.39 is 9.84 Å². The molecule has 0 amide bonds. The van der Waals surface area contributed by atoms with E-state index in [4.69, 9.17) is 0 Å². The van der Waals surface area contributed by atoms with Crippen molar-refractivity contribution in [3.63, 3.8) is 0 Å². The molecule has 0 aliphatic carbocycles. The topological polar surface area (TPSA) is 73.8 Å². The van der Waals surface area contributed by atoms with Gasteiger partial charge in [-0.3, -0.25) is 4.99 Å². The first-order valence-electron chi connectivity index (χ1n) is 8.60. The van der Waals surface area contributed by atoms with E-state index in [1.54, 1.807) is 0 Å². The van der Waals surface area contributed by atoms with Gasteiger partial charge in [-0.15, -0.1) is 24.0 Å². The van der Waals surface area contributed by atoms with Crippen molar-refractivity contribution in [3.05, 3.63) is 28.7 Å². The number of halogens is 2. The number of aliphatic imine (C=N–C) groups is 1. The summed E-state index contributed by atoms with van der Waals surface area (Å²) >= 11 is 3.47. The zero-order valence-electron chi connectivity index (χ0n) is 15.2. The Morgan fingerprint density at radius 1 is 1.35 bits per heavy atom. The highest BCUT2D eigenvalue weighted by Gasteiger charge is 2.23. The fraction of sp³-hybridized carbons (Fsp3) is 0.588. The van der Waals surface area contributed by atoms with Crippen LogP contribution in [0.25, 0.3) is 0 Å². The number of guanidine groups is 1. The quantitative estimate of drug-likeness (QED) is 0.233. The summed E-state index contributed by atoms with van der Waals surface area (Å²) in [5, 5.41) is 6.70. The fourth-order valence-electron chi connectivity index (χ4n) is 2.80. The Hall–Kier alpha value is -0.550. The van der Waals surface area contributed by atoms with Gasteiger partial charge in [0.25, 0.3) is 0 Å². The van der Waals surface area contributed by atoms with Gasteiger partial charge in [0.2, 0.25) is 0 Å². The second kappa shape index (κ2) is 11.3. The first-order chi connectivity index (χ1) is 11.9. The lowest BCUT2D eigenvalue weighted by atomic mass is 10.3. The van der Waals surface area contributed by atoms with Gasteiger partial charge in [0, 0.05) is 48.6 Å². The first-order valence-corrected chi connectivity index (χ1v) is 11.5. The first kappa shape index (κ1) is 23.5. The number of sulfone groups is 1. The maximum atomic E-state index is 11.2. The van der Waals surface area contributed by atoms with Crippen molar-refractivity contribution in [2.24, 2.45) is 4.99 Å². The molecular weight excluding hydrogens is 531 g/mol. The summed E-state index contributed by atoms with van der Waals surface area (Å²) in [6.07, 6.45) is 2.85. The molecule has 1 saturated heterocycles. The van der Waals surface area contributed by atoms with Crippen molar-refractivity contribution in [2.75, 3.05) is 43.1 Å². The smallest absolute Gasteiger partial charge is 0.191 e. The van der Waals surface area contributed by atoms with E-state index in [-0.39, 0.29) is 29.7 Å². The maximum absolute atomic E-state index is 11.2. The number of nitrogens with zero attached hydrogens (tertiary/aromatic N) is 2. The molecule has 0 radical (unpaired) electrons. The number of nitrogens with one attached hydrogen (secondary N) is 2. The molecule has 9 heteroatoms. The molecule has 0 aromatic heterocycles. The second-order valence-electron chi connectivity index (χ2n) is 6.30. The molecule has 1 heterocycles. The Morgan fingerprint density at radius 3 is 2.65 bits per heavy atom. The molecule has 0 spiro atoms. The molecule has 2 rings (SSSR count). The minimum atomic E-state index is -2.92. The predicted molar refractivity (Wildman–Crippen MR) is 124 cm³/mol. The van der Waals surface area contributed by atoms with Crippen molar-refractivity contribution in [3.8, 4) is 0 Å². The third kappa shape index (κ3) is 8.43. The van der Waals surface area contributed by atoms with Crippen LogP contribution in [0.2, 0.25) is 0 Å². The monoisotopic (exact) mass is 558 g/mol. The summed E-state index contributed by atoms with van der Waals surface area (Å²) in [5.74, 6) is 0.940. The van der Waals surface area contributed by atoms with Gasteiger partial charge in [-0.25, -0.2) is 8.42 Å². The van der Waals surface area contributed by atoms with Crippen LogP contribution in [-0.2, 0) is 9.84 Å². The molecule has 148 valence electrons. The Kier molecular flexibility index (Phi) is 10.2. The Balaban J connectivity index is 0.00000338. The highest BCUT2D eigenvalue weighted by Crippen LogP contribution is 2.22. The Bertz CT molecular complexity index is 683. The molecule has 1 aromatic carbocycles. The van der Waals surface area contributed by atoms with Crippen LogP contribution in [0, 0.1) is 0 Å². The SMILES string of the molecule is CCNC(=NCCCS(C)(=O)=O)NC1CCN(c2ccc(Br)cc2)C1.I. The maximum Gasteiger partial charge on any atom is 0.191 e. The van der Waals surface area contributed by atoms with Crippen LogP contribution in [0.5, 0.6) is 0 Å². The normalized spacial score (nSPS) is 17.7. The lowest BCUT2D eigenvalue weighted by molar-refractivity contribution is 0.599. The van der Waals surface area contributed by atoms with Crippen LogP contribution in [0.4, 0.5) is 5.69 Å². The van der Waals surface area contributed by atoms with E-state index >= 15 is 0 Å². The standard InChI is InChI=1S/C17H27BrN4O2S.HI/c1-3-19-17(20-10-4-12-25(2,23)24)21-15-9-11-22(13-15)16-7-5-14(18)6-8-16;/h5-8,15H,3-4,9-13H2,1-2H3,(H2,19,20,21);1H. The molecule has 1 atom stereocenters. The lowest BCUT2D eigenvalue weighted by Gasteiger charge is -2.20. The third-order valence-electron chi connectivity index (χ3n) is 4.01. The van der Waals surface area contributed by atoms with Gasteiger partial charge >= 0.3 is 0 Å². The van der Waals surface area contributed by atoms with Crippen LogP contribution in [0.15, 0.2) is 33.7 Å². The third-order valence-corrected chi connectivity index (χ3v) is 5.57. The summed E-state index contributed by atoms with van der Waals surface area (Å²) in [4.78, 5) is 6.85. The van der Waals surface area contributed by atoms with Crippen molar-refractivity contribution < 1.29 is 8.42 Å². The van der Waals surface area contributed by atoms with Gasteiger partial charge in [0.05, 0.1) is 5.75 Å². The number of hydrogen-bond acceptors (Lipinski definition) is 4. The molecule has 1 fully saturated rings. The van der Waals surface area contributed by atoms with Crippen molar-refractivity contribution in [1.29, 1.82) is 0 Å². The van der Waals surface area contributed by atoms with Gasteiger partial charge in [0.1, 0.15) is 9.84 Å². The predicted octanol–water partition coefficient (Wildman–Crippen LogP) is 2.64. The fourth-order valence-corrected chi connectivity index (χ4v) is 3.71. The molecule has 26 heavy (non-hydrogen) atoms. The molecule has 0 bridgehead atoms. The number of anilines is 1. The van der Waals surface area contributed by atoms with Gasteiger partial charge in [0.15, 0.2) is 5.96 Å². The van der Waals surface area contributed by atoms with Crippen molar-refractivity contribution in [2.45, 2.75) is 25.8 Å². The molecule has 2 N–H and O–H groups in total. The summed E-state index contributed by atoms with van der Waals surface area (Å²) in [6, 6.07) is 8.69. The Labute approximate surface area is 182 Å². The average Bonchev–Trinajstić information content (AvgIpc) is 3.00. The largest absolute Gasteiger partial charge is 0.369 e. The number of benzene rings is 1. The van der Waals surface area contributed by atoms with E-state index in [0.29, 0.717) is 19.0 Å². The van der Waals surface area contributed by atoms with Crippen LogP contribution in [-0.4, -0.2) is 58.6 Å². The number of rotatable bonds is 7. The summed E-state index contributed by atoms with van der Waals surface area (Å²) in [6.45, 7) is 5.24. The highest BCUT2D eigenvalue weighted by molar-refractivity contribution is 14.0. The van der Waals surface area contributed by atoms with Crippen molar-refractivity contribution in [1.82, 2.24) is 10.6 Å². The molecule has 1 aromatic rings. The molecule has 6 nitrogen and oxygen atoms in total. The zero-order chi connectivity index (χ0) is 18.3. The van der Waals surface area contributed by atoms with E-state index in [1.807, 2.05) is 6.92 Å². The minimum Gasteiger partial charge on any atom is -0.369 e. The molecule has 1 unspecified atom stereocenters. The Morgan fingerprint density at radius 2 is 2.04 bits per heavy atom. The lowest BCUT2D eigenvalue weighted by Crippen LogP contribution is -2.44. The van der Waals surface area contributed by atoms with E-state index in [9.17, 15) is 8.42 Å². The molecule has 0 saturated carbocycles. The van der Waals surface area contributed by atoms with Gasteiger partial charge < -0.3 is 15.5 Å². The highest BCUT2D eigenvalue weighted by atomic mass is 127. The van der Waals surface area contributed by atoms with Crippen LogP contribution >= 0.6 is 39.9 Å².